The summed E-state index contributed by atoms with van der Waals surface area (Å²) in [6, 6.07) is 10.8. The van der Waals surface area contributed by atoms with Gasteiger partial charge in [-0.25, -0.2) is 4.68 Å². The number of carbonyl (C=O) groups is 1. The highest BCUT2D eigenvalue weighted by molar-refractivity contribution is 7.13. The lowest BCUT2D eigenvalue weighted by molar-refractivity contribution is 0.0931. The monoisotopic (exact) mass is 395 g/mol. The number of aromatic nitrogens is 2. The van der Waals surface area contributed by atoms with Crippen molar-refractivity contribution in [2.75, 3.05) is 20.3 Å². The Morgan fingerprint density at radius 3 is 2.68 bits per heavy atom. The van der Waals surface area contributed by atoms with E-state index in [0.717, 1.165) is 10.6 Å². The zero-order valence-corrected chi connectivity index (χ0v) is 15.7. The van der Waals surface area contributed by atoms with E-state index in [-0.39, 0.29) is 5.91 Å². The van der Waals surface area contributed by atoms with Crippen molar-refractivity contribution in [1.29, 1.82) is 0 Å². The maximum absolute atomic E-state index is 12.3. The van der Waals surface area contributed by atoms with Crippen molar-refractivity contribution >= 4 is 40.4 Å². The van der Waals surface area contributed by atoms with Gasteiger partial charge in [-0.05, 0) is 35.7 Å². The third-order valence-electron chi connectivity index (χ3n) is 3.40. The zero-order chi connectivity index (χ0) is 17.8. The summed E-state index contributed by atoms with van der Waals surface area (Å²) < 4.78 is 6.62. The van der Waals surface area contributed by atoms with Crippen LogP contribution in [0.15, 0.2) is 41.8 Å². The Kier molecular flexibility index (Phi) is 5.75. The Hall–Kier alpha value is -1.86. The van der Waals surface area contributed by atoms with Gasteiger partial charge >= 0.3 is 0 Å². The van der Waals surface area contributed by atoms with Crippen LogP contribution in [0, 0.1) is 0 Å². The highest BCUT2D eigenvalue weighted by Crippen LogP contribution is 2.30. The minimum absolute atomic E-state index is 0.262. The second-order valence-corrected chi connectivity index (χ2v) is 7.00. The molecule has 0 radical (unpaired) electrons. The number of carbonyl (C=O) groups excluding carboxylic acids is 1. The zero-order valence-electron chi connectivity index (χ0n) is 13.3. The van der Waals surface area contributed by atoms with Gasteiger partial charge < -0.3 is 10.1 Å². The van der Waals surface area contributed by atoms with E-state index >= 15 is 0 Å². The van der Waals surface area contributed by atoms with Crippen LogP contribution in [0.4, 0.5) is 0 Å². The van der Waals surface area contributed by atoms with E-state index in [1.165, 1.54) is 0 Å². The molecule has 2 aromatic heterocycles. The number of benzene rings is 1. The molecular weight excluding hydrogens is 381 g/mol. The average molecular weight is 396 g/mol. The molecule has 25 heavy (non-hydrogen) atoms. The standard InChI is InChI=1S/C17H15Cl2N3O2S/c1-24-5-4-20-17(23)14-10-15(16-3-2-6-25-16)22(21-14)13-8-11(18)7-12(19)9-13/h2-3,6-10H,4-5H2,1H3,(H,20,23). The molecule has 0 aliphatic heterocycles. The van der Waals surface area contributed by atoms with Crippen molar-refractivity contribution in [3.63, 3.8) is 0 Å². The first-order valence-corrected chi connectivity index (χ1v) is 9.09. The van der Waals surface area contributed by atoms with Crippen LogP contribution in [0.5, 0.6) is 0 Å². The number of hydrogen-bond acceptors (Lipinski definition) is 4. The fourth-order valence-electron chi connectivity index (χ4n) is 2.31. The molecule has 0 saturated carbocycles. The number of ether oxygens (including phenoxy) is 1. The van der Waals surface area contributed by atoms with Crippen LogP contribution in [0.3, 0.4) is 0 Å². The minimum Gasteiger partial charge on any atom is -0.383 e. The van der Waals surface area contributed by atoms with E-state index in [4.69, 9.17) is 27.9 Å². The molecule has 8 heteroatoms. The van der Waals surface area contributed by atoms with Crippen LogP contribution in [-0.2, 0) is 4.74 Å². The van der Waals surface area contributed by atoms with E-state index in [2.05, 4.69) is 10.4 Å². The van der Waals surface area contributed by atoms with Gasteiger partial charge in [-0.2, -0.15) is 5.10 Å². The van der Waals surface area contributed by atoms with E-state index in [0.29, 0.717) is 34.6 Å². The van der Waals surface area contributed by atoms with Gasteiger partial charge in [0.1, 0.15) is 0 Å². The largest absolute Gasteiger partial charge is 0.383 e. The molecular formula is C17H15Cl2N3O2S. The van der Waals surface area contributed by atoms with Crippen molar-refractivity contribution < 1.29 is 9.53 Å². The van der Waals surface area contributed by atoms with Gasteiger partial charge in [-0.1, -0.05) is 29.3 Å². The lowest BCUT2D eigenvalue weighted by Crippen LogP contribution is -2.27. The summed E-state index contributed by atoms with van der Waals surface area (Å²) in [4.78, 5) is 13.3. The lowest BCUT2D eigenvalue weighted by Gasteiger charge is -2.07. The number of hydrogen-bond donors (Lipinski definition) is 1. The topological polar surface area (TPSA) is 56.1 Å². The molecule has 1 aromatic carbocycles. The molecule has 3 rings (SSSR count). The maximum atomic E-state index is 12.3. The summed E-state index contributed by atoms with van der Waals surface area (Å²) >= 11 is 13.8. The first-order chi connectivity index (χ1) is 12.1. The van der Waals surface area contributed by atoms with Crippen LogP contribution in [0.2, 0.25) is 10.0 Å². The normalized spacial score (nSPS) is 10.8. The Bertz CT molecular complexity index is 858. The number of methoxy groups -OCH3 is 1. The molecule has 0 fully saturated rings. The first kappa shape index (κ1) is 17.9. The van der Waals surface area contributed by atoms with Crippen molar-refractivity contribution in [2.45, 2.75) is 0 Å². The molecule has 0 bridgehead atoms. The SMILES string of the molecule is COCCNC(=O)c1cc(-c2cccs2)n(-c2cc(Cl)cc(Cl)c2)n1. The molecule has 130 valence electrons. The molecule has 5 nitrogen and oxygen atoms in total. The summed E-state index contributed by atoms with van der Waals surface area (Å²) in [7, 11) is 1.58. The number of amides is 1. The van der Waals surface area contributed by atoms with Gasteiger partial charge in [0.05, 0.1) is 22.9 Å². The van der Waals surface area contributed by atoms with Crippen LogP contribution in [0.1, 0.15) is 10.5 Å². The number of nitrogens with zero attached hydrogens (tertiary/aromatic N) is 2. The smallest absolute Gasteiger partial charge is 0.271 e. The van der Waals surface area contributed by atoms with Gasteiger partial charge in [0.25, 0.3) is 5.91 Å². The van der Waals surface area contributed by atoms with Crippen LogP contribution < -0.4 is 5.32 Å². The quantitative estimate of drug-likeness (QED) is 0.633. The maximum Gasteiger partial charge on any atom is 0.271 e. The summed E-state index contributed by atoms with van der Waals surface area (Å²) in [6.45, 7) is 0.855. The van der Waals surface area contributed by atoms with Crippen LogP contribution in [0.25, 0.3) is 16.3 Å². The van der Waals surface area contributed by atoms with Crippen molar-refractivity contribution in [3.05, 3.63) is 57.5 Å². The Balaban J connectivity index is 2.02. The lowest BCUT2D eigenvalue weighted by atomic mass is 10.2. The first-order valence-electron chi connectivity index (χ1n) is 7.46. The molecule has 0 aliphatic carbocycles. The summed E-state index contributed by atoms with van der Waals surface area (Å²) in [5.74, 6) is -0.262. The molecule has 3 aromatic rings. The van der Waals surface area contributed by atoms with E-state index in [9.17, 15) is 4.79 Å². The number of nitrogens with one attached hydrogen (secondary N) is 1. The predicted octanol–water partition coefficient (Wildman–Crippen LogP) is 4.28. The van der Waals surface area contributed by atoms with Gasteiger partial charge in [0.2, 0.25) is 0 Å². The Morgan fingerprint density at radius 2 is 2.04 bits per heavy atom. The Morgan fingerprint density at radius 1 is 1.28 bits per heavy atom. The van der Waals surface area contributed by atoms with Gasteiger partial charge in [0, 0.05) is 23.7 Å². The number of halogens is 2. The molecule has 0 saturated heterocycles. The number of rotatable bonds is 6. The van der Waals surface area contributed by atoms with E-state index in [1.807, 2.05) is 17.5 Å². The van der Waals surface area contributed by atoms with Gasteiger partial charge in [0.15, 0.2) is 5.69 Å². The fourth-order valence-corrected chi connectivity index (χ4v) is 3.55. The molecule has 1 N–H and O–H groups in total. The number of thiophene rings is 1. The van der Waals surface area contributed by atoms with Gasteiger partial charge in [-0.15, -0.1) is 11.3 Å². The minimum atomic E-state index is -0.262. The molecule has 0 unspecified atom stereocenters. The fraction of sp³-hybridized carbons (Fsp3) is 0.176. The van der Waals surface area contributed by atoms with E-state index < -0.39 is 0 Å². The second-order valence-electron chi connectivity index (χ2n) is 5.18. The summed E-state index contributed by atoms with van der Waals surface area (Å²) in [5.41, 5.74) is 1.80. The second kappa shape index (κ2) is 8.01. The third-order valence-corrected chi connectivity index (χ3v) is 4.73. The highest BCUT2D eigenvalue weighted by Gasteiger charge is 2.17. The molecule has 0 aliphatic rings. The van der Waals surface area contributed by atoms with E-state index in [1.54, 1.807) is 47.4 Å². The summed E-state index contributed by atoms with van der Waals surface area (Å²) in [6.07, 6.45) is 0. The van der Waals surface area contributed by atoms with Crippen molar-refractivity contribution in [1.82, 2.24) is 15.1 Å². The van der Waals surface area contributed by atoms with Crippen LogP contribution >= 0.6 is 34.5 Å². The average Bonchev–Trinajstić information content (AvgIpc) is 3.23. The third kappa shape index (κ3) is 4.22. The molecule has 0 atom stereocenters. The van der Waals surface area contributed by atoms with Crippen molar-refractivity contribution in [2.24, 2.45) is 0 Å². The van der Waals surface area contributed by atoms with Crippen LogP contribution in [-0.4, -0.2) is 35.9 Å². The highest BCUT2D eigenvalue weighted by atomic mass is 35.5. The van der Waals surface area contributed by atoms with Gasteiger partial charge in [-0.3, -0.25) is 4.79 Å². The molecule has 2 heterocycles. The molecule has 0 spiro atoms. The summed E-state index contributed by atoms with van der Waals surface area (Å²) in [5, 5.41) is 10.2. The van der Waals surface area contributed by atoms with Crippen molar-refractivity contribution in [3.8, 4) is 16.3 Å². The molecule has 1 amide bonds. The Labute approximate surface area is 159 Å². The predicted molar refractivity (Wildman–Crippen MR) is 101 cm³/mol.